The zero-order valence-electron chi connectivity index (χ0n) is 15.2. The number of unbranched alkanes of at least 4 members (excludes halogenated alkanes) is 1. The minimum atomic E-state index is -0.141. The lowest BCUT2D eigenvalue weighted by atomic mass is 10.1. The maximum Gasteiger partial charge on any atom is 0.265 e. The van der Waals surface area contributed by atoms with Crippen LogP contribution in [0.5, 0.6) is 0 Å². The van der Waals surface area contributed by atoms with Crippen LogP contribution in [-0.2, 0) is 0 Å². The van der Waals surface area contributed by atoms with Gasteiger partial charge in [-0.1, -0.05) is 37.6 Å². The van der Waals surface area contributed by atoms with Crippen molar-refractivity contribution in [2.24, 2.45) is 0 Å². The molecule has 0 fully saturated rings. The second-order valence-electron chi connectivity index (χ2n) is 6.15. The summed E-state index contributed by atoms with van der Waals surface area (Å²) in [7, 11) is 0. The molecule has 4 nitrogen and oxygen atoms in total. The Balaban J connectivity index is 1.74. The SMILES string of the molecule is CCCCN(C(=O)c1ccc(NC(=O)c2cccs2)cc1)c1ccccc1. The van der Waals surface area contributed by atoms with Gasteiger partial charge in [-0.3, -0.25) is 9.59 Å². The van der Waals surface area contributed by atoms with Crippen LogP contribution in [-0.4, -0.2) is 18.4 Å². The lowest BCUT2D eigenvalue weighted by Gasteiger charge is -2.23. The molecule has 3 rings (SSSR count). The van der Waals surface area contributed by atoms with Crippen LogP contribution in [0.4, 0.5) is 11.4 Å². The van der Waals surface area contributed by atoms with Gasteiger partial charge in [0.15, 0.2) is 0 Å². The van der Waals surface area contributed by atoms with Crippen molar-refractivity contribution in [3.8, 4) is 0 Å². The fourth-order valence-corrected chi connectivity index (χ4v) is 3.34. The predicted molar refractivity (Wildman–Crippen MR) is 112 cm³/mol. The third kappa shape index (κ3) is 4.83. The number of hydrogen-bond donors (Lipinski definition) is 1. The predicted octanol–water partition coefficient (Wildman–Crippen LogP) is 5.45. The Kier molecular flexibility index (Phi) is 6.39. The van der Waals surface area contributed by atoms with Gasteiger partial charge in [-0.15, -0.1) is 11.3 Å². The molecule has 0 aliphatic rings. The summed E-state index contributed by atoms with van der Waals surface area (Å²) >= 11 is 1.39. The highest BCUT2D eigenvalue weighted by molar-refractivity contribution is 7.12. The zero-order chi connectivity index (χ0) is 19.1. The second-order valence-corrected chi connectivity index (χ2v) is 7.10. The van der Waals surface area contributed by atoms with Crippen molar-refractivity contribution in [3.05, 3.63) is 82.6 Å². The zero-order valence-corrected chi connectivity index (χ0v) is 16.0. The van der Waals surface area contributed by atoms with Crippen LogP contribution in [0.15, 0.2) is 72.1 Å². The molecule has 27 heavy (non-hydrogen) atoms. The van der Waals surface area contributed by atoms with E-state index in [9.17, 15) is 9.59 Å². The van der Waals surface area contributed by atoms with Crippen molar-refractivity contribution >= 4 is 34.5 Å². The molecule has 0 aliphatic heterocycles. The van der Waals surface area contributed by atoms with Gasteiger partial charge in [0.25, 0.3) is 11.8 Å². The average Bonchev–Trinajstić information content (AvgIpc) is 3.24. The summed E-state index contributed by atoms with van der Waals surface area (Å²) in [5, 5.41) is 4.72. The Bertz CT molecular complexity index is 874. The summed E-state index contributed by atoms with van der Waals surface area (Å²) in [4.78, 5) is 27.6. The van der Waals surface area contributed by atoms with Crippen LogP contribution < -0.4 is 10.2 Å². The van der Waals surface area contributed by atoms with Crippen molar-refractivity contribution in [2.75, 3.05) is 16.8 Å². The van der Waals surface area contributed by atoms with E-state index in [-0.39, 0.29) is 11.8 Å². The molecular formula is C22H22N2O2S. The summed E-state index contributed by atoms with van der Waals surface area (Å²) in [5.74, 6) is -0.177. The monoisotopic (exact) mass is 378 g/mol. The molecule has 0 saturated carbocycles. The molecule has 0 saturated heterocycles. The number of carbonyl (C=O) groups is 2. The number of carbonyl (C=O) groups excluding carboxylic acids is 2. The fourth-order valence-electron chi connectivity index (χ4n) is 2.72. The number of anilines is 2. The molecule has 2 amide bonds. The molecule has 5 heteroatoms. The highest BCUT2D eigenvalue weighted by atomic mass is 32.1. The van der Waals surface area contributed by atoms with E-state index in [1.54, 1.807) is 30.3 Å². The van der Waals surface area contributed by atoms with E-state index in [2.05, 4.69) is 12.2 Å². The molecule has 138 valence electrons. The number of hydrogen-bond acceptors (Lipinski definition) is 3. The van der Waals surface area contributed by atoms with Gasteiger partial charge >= 0.3 is 0 Å². The summed E-state index contributed by atoms with van der Waals surface area (Å²) in [6.07, 6.45) is 1.96. The topological polar surface area (TPSA) is 49.4 Å². The summed E-state index contributed by atoms with van der Waals surface area (Å²) < 4.78 is 0. The first-order chi connectivity index (χ1) is 13.2. The molecule has 2 aromatic carbocycles. The number of para-hydroxylation sites is 1. The van der Waals surface area contributed by atoms with E-state index in [0.29, 0.717) is 22.7 Å². The fraction of sp³-hybridized carbons (Fsp3) is 0.182. The van der Waals surface area contributed by atoms with E-state index in [1.165, 1.54) is 11.3 Å². The third-order valence-electron chi connectivity index (χ3n) is 4.18. The van der Waals surface area contributed by atoms with Crippen LogP contribution in [0.25, 0.3) is 0 Å². The molecular weight excluding hydrogens is 356 g/mol. The first-order valence-electron chi connectivity index (χ1n) is 9.01. The van der Waals surface area contributed by atoms with E-state index in [4.69, 9.17) is 0 Å². The Hall–Kier alpha value is -2.92. The highest BCUT2D eigenvalue weighted by Gasteiger charge is 2.17. The van der Waals surface area contributed by atoms with Gasteiger partial charge in [-0.05, 0) is 54.3 Å². The van der Waals surface area contributed by atoms with Crippen molar-refractivity contribution in [2.45, 2.75) is 19.8 Å². The van der Waals surface area contributed by atoms with Gasteiger partial charge in [0.05, 0.1) is 4.88 Å². The lowest BCUT2D eigenvalue weighted by Crippen LogP contribution is -2.31. The van der Waals surface area contributed by atoms with Crippen molar-refractivity contribution in [3.63, 3.8) is 0 Å². The summed E-state index contributed by atoms with van der Waals surface area (Å²) in [6, 6.07) is 20.4. The number of nitrogens with one attached hydrogen (secondary N) is 1. The Morgan fingerprint density at radius 1 is 0.963 bits per heavy atom. The Labute approximate surface area is 163 Å². The smallest absolute Gasteiger partial charge is 0.265 e. The molecule has 0 unspecified atom stereocenters. The summed E-state index contributed by atoms with van der Waals surface area (Å²) in [5.41, 5.74) is 2.17. The van der Waals surface area contributed by atoms with Crippen LogP contribution in [0, 0.1) is 0 Å². The number of amides is 2. The van der Waals surface area contributed by atoms with Crippen LogP contribution >= 0.6 is 11.3 Å². The van der Waals surface area contributed by atoms with E-state index in [1.807, 2.05) is 46.7 Å². The minimum absolute atomic E-state index is 0.0363. The van der Waals surface area contributed by atoms with Crippen molar-refractivity contribution in [1.29, 1.82) is 0 Å². The molecule has 1 aromatic heterocycles. The number of rotatable bonds is 7. The van der Waals surface area contributed by atoms with Crippen LogP contribution in [0.2, 0.25) is 0 Å². The second kappa shape index (κ2) is 9.14. The molecule has 0 spiro atoms. The van der Waals surface area contributed by atoms with Gasteiger partial charge in [-0.25, -0.2) is 0 Å². The standard InChI is InChI=1S/C22H22N2O2S/c1-2-3-15-24(19-8-5-4-6-9-19)22(26)17-11-13-18(14-12-17)23-21(25)20-10-7-16-27-20/h4-14,16H,2-3,15H2,1H3,(H,23,25). The van der Waals surface area contributed by atoms with Crippen molar-refractivity contribution in [1.82, 2.24) is 0 Å². The number of nitrogens with zero attached hydrogens (tertiary/aromatic N) is 1. The van der Waals surface area contributed by atoms with Crippen molar-refractivity contribution < 1.29 is 9.59 Å². The largest absolute Gasteiger partial charge is 0.321 e. The molecule has 1 N–H and O–H groups in total. The van der Waals surface area contributed by atoms with Gasteiger partial charge in [-0.2, -0.15) is 0 Å². The highest BCUT2D eigenvalue weighted by Crippen LogP contribution is 2.20. The first kappa shape index (κ1) is 18.9. The molecule has 0 bridgehead atoms. The van der Waals surface area contributed by atoms with Gasteiger partial charge in [0.2, 0.25) is 0 Å². The molecule has 3 aromatic rings. The molecule has 0 aliphatic carbocycles. The van der Waals surface area contributed by atoms with Crippen LogP contribution in [0.1, 0.15) is 39.8 Å². The summed E-state index contributed by atoms with van der Waals surface area (Å²) in [6.45, 7) is 2.79. The van der Waals surface area contributed by atoms with Gasteiger partial charge < -0.3 is 10.2 Å². The van der Waals surface area contributed by atoms with E-state index in [0.717, 1.165) is 18.5 Å². The Morgan fingerprint density at radius 2 is 1.70 bits per heavy atom. The molecule has 0 atom stereocenters. The maximum atomic E-state index is 13.0. The normalized spacial score (nSPS) is 10.4. The first-order valence-corrected chi connectivity index (χ1v) is 9.89. The minimum Gasteiger partial charge on any atom is -0.321 e. The average molecular weight is 378 g/mol. The Morgan fingerprint density at radius 3 is 2.33 bits per heavy atom. The quantitative estimate of drug-likeness (QED) is 0.594. The molecule has 0 radical (unpaired) electrons. The lowest BCUT2D eigenvalue weighted by molar-refractivity contribution is 0.0985. The van der Waals surface area contributed by atoms with E-state index < -0.39 is 0 Å². The number of benzene rings is 2. The van der Waals surface area contributed by atoms with E-state index >= 15 is 0 Å². The van der Waals surface area contributed by atoms with Crippen LogP contribution in [0.3, 0.4) is 0 Å². The maximum absolute atomic E-state index is 13.0. The molecule has 1 heterocycles. The van der Waals surface area contributed by atoms with Gasteiger partial charge in [0.1, 0.15) is 0 Å². The third-order valence-corrected chi connectivity index (χ3v) is 5.05. The van der Waals surface area contributed by atoms with Gasteiger partial charge in [0, 0.05) is 23.5 Å². The number of thiophene rings is 1.